The second-order valence-corrected chi connectivity index (χ2v) is 5.52. The minimum Gasteiger partial charge on any atom is -0.377 e. The number of nitrogens with one attached hydrogen (secondary N) is 1. The quantitative estimate of drug-likeness (QED) is 0.659. The molecule has 0 amide bonds. The van der Waals surface area contributed by atoms with Crippen LogP contribution < -0.4 is 5.32 Å². The zero-order chi connectivity index (χ0) is 13.8. The van der Waals surface area contributed by atoms with Crippen LogP contribution in [0.5, 0.6) is 0 Å². The Morgan fingerprint density at radius 3 is 2.89 bits per heavy atom. The summed E-state index contributed by atoms with van der Waals surface area (Å²) in [5.74, 6) is 0. The lowest BCUT2D eigenvalue weighted by Crippen LogP contribution is -2.18. The summed E-state index contributed by atoms with van der Waals surface area (Å²) in [4.78, 5) is 10.6. The van der Waals surface area contributed by atoms with Crippen molar-refractivity contribution in [2.75, 3.05) is 5.32 Å². The Morgan fingerprint density at radius 2 is 2.26 bits per heavy atom. The molecule has 1 aromatic heterocycles. The van der Waals surface area contributed by atoms with E-state index >= 15 is 0 Å². The predicted molar refractivity (Wildman–Crippen MR) is 79.2 cm³/mol. The summed E-state index contributed by atoms with van der Waals surface area (Å²) in [6.45, 7) is 2.00. The molecule has 2 aromatic rings. The normalized spacial score (nSPS) is 12.1. The molecule has 0 radical (unpaired) electrons. The number of nitro groups is 1. The third-order valence-electron chi connectivity index (χ3n) is 2.68. The average molecular weight is 297 g/mol. The molecule has 0 aliphatic heterocycles. The fraction of sp³-hybridized carbons (Fsp3) is 0.231. The molecule has 1 aromatic carbocycles. The van der Waals surface area contributed by atoms with Crippen molar-refractivity contribution in [3.63, 3.8) is 0 Å². The zero-order valence-electron chi connectivity index (χ0n) is 10.3. The van der Waals surface area contributed by atoms with E-state index in [0.29, 0.717) is 10.7 Å². The molecule has 2 rings (SSSR count). The largest absolute Gasteiger partial charge is 0.377 e. The van der Waals surface area contributed by atoms with Gasteiger partial charge in [0, 0.05) is 17.1 Å². The van der Waals surface area contributed by atoms with Crippen molar-refractivity contribution >= 4 is 34.3 Å². The minimum absolute atomic E-state index is 0.00432. The number of anilines is 1. The van der Waals surface area contributed by atoms with E-state index in [1.165, 1.54) is 11.6 Å². The van der Waals surface area contributed by atoms with Gasteiger partial charge < -0.3 is 5.32 Å². The summed E-state index contributed by atoms with van der Waals surface area (Å²) in [6.07, 6.45) is 0.823. The summed E-state index contributed by atoms with van der Waals surface area (Å²) in [6, 6.07) is 6.81. The molecular weight excluding hydrogens is 284 g/mol. The van der Waals surface area contributed by atoms with Gasteiger partial charge in [-0.2, -0.15) is 11.3 Å². The molecule has 19 heavy (non-hydrogen) atoms. The first-order chi connectivity index (χ1) is 9.06. The summed E-state index contributed by atoms with van der Waals surface area (Å²) in [7, 11) is 0. The Kier molecular flexibility index (Phi) is 4.39. The number of nitro benzene ring substituents is 1. The number of benzene rings is 1. The minimum atomic E-state index is -0.425. The highest BCUT2D eigenvalue weighted by atomic mass is 35.5. The van der Waals surface area contributed by atoms with Gasteiger partial charge in [-0.3, -0.25) is 10.1 Å². The van der Waals surface area contributed by atoms with E-state index in [1.807, 2.05) is 12.3 Å². The second kappa shape index (κ2) is 6.04. The number of hydrogen-bond acceptors (Lipinski definition) is 4. The van der Waals surface area contributed by atoms with Crippen LogP contribution in [0.15, 0.2) is 35.0 Å². The van der Waals surface area contributed by atoms with Crippen LogP contribution in [0.3, 0.4) is 0 Å². The lowest BCUT2D eigenvalue weighted by atomic mass is 10.1. The molecule has 1 atom stereocenters. The molecule has 1 N–H and O–H groups in total. The molecule has 0 bridgehead atoms. The number of thiophene rings is 1. The van der Waals surface area contributed by atoms with Gasteiger partial charge in [-0.15, -0.1) is 0 Å². The number of halogens is 1. The first-order valence-corrected chi connectivity index (χ1v) is 7.10. The van der Waals surface area contributed by atoms with Gasteiger partial charge in [0.15, 0.2) is 0 Å². The van der Waals surface area contributed by atoms with Crippen molar-refractivity contribution in [2.24, 2.45) is 0 Å². The highest BCUT2D eigenvalue weighted by Gasteiger charge is 2.16. The highest BCUT2D eigenvalue weighted by Crippen LogP contribution is 2.28. The first-order valence-electron chi connectivity index (χ1n) is 5.78. The fourth-order valence-corrected chi connectivity index (χ4v) is 2.70. The molecule has 100 valence electrons. The monoisotopic (exact) mass is 296 g/mol. The lowest BCUT2D eigenvalue weighted by molar-refractivity contribution is -0.384. The Balaban J connectivity index is 2.12. The summed E-state index contributed by atoms with van der Waals surface area (Å²) in [5, 5.41) is 18.6. The maximum atomic E-state index is 11.0. The second-order valence-electron chi connectivity index (χ2n) is 4.30. The SMILES string of the molecule is CC(Cc1ccsc1)Nc1ccc(Cl)cc1[N+](=O)[O-]. The Labute approximate surface area is 120 Å². The van der Waals surface area contributed by atoms with Gasteiger partial charge in [0.25, 0.3) is 5.69 Å². The molecule has 6 heteroatoms. The van der Waals surface area contributed by atoms with Gasteiger partial charge in [0.2, 0.25) is 0 Å². The van der Waals surface area contributed by atoms with Crippen LogP contribution in [0, 0.1) is 10.1 Å². The smallest absolute Gasteiger partial charge is 0.293 e. The summed E-state index contributed by atoms with van der Waals surface area (Å²) < 4.78 is 0. The topological polar surface area (TPSA) is 55.2 Å². The van der Waals surface area contributed by atoms with Crippen molar-refractivity contribution in [1.29, 1.82) is 0 Å². The zero-order valence-corrected chi connectivity index (χ0v) is 11.9. The Bertz CT molecular complexity index is 572. The van der Waals surface area contributed by atoms with Crippen LogP contribution in [-0.2, 0) is 6.42 Å². The first kappa shape index (κ1) is 13.8. The lowest BCUT2D eigenvalue weighted by Gasteiger charge is -2.14. The third-order valence-corrected chi connectivity index (χ3v) is 3.65. The maximum absolute atomic E-state index is 11.0. The molecule has 0 aliphatic carbocycles. The molecule has 4 nitrogen and oxygen atoms in total. The van der Waals surface area contributed by atoms with E-state index < -0.39 is 4.92 Å². The van der Waals surface area contributed by atoms with Crippen LogP contribution in [0.1, 0.15) is 12.5 Å². The Morgan fingerprint density at radius 1 is 1.47 bits per heavy atom. The van der Waals surface area contributed by atoms with Gasteiger partial charge in [-0.1, -0.05) is 11.6 Å². The van der Waals surface area contributed by atoms with Gasteiger partial charge in [0.1, 0.15) is 5.69 Å². The van der Waals surface area contributed by atoms with Crippen molar-refractivity contribution < 1.29 is 4.92 Å². The highest BCUT2D eigenvalue weighted by molar-refractivity contribution is 7.07. The number of nitrogens with zero attached hydrogens (tertiary/aromatic N) is 1. The van der Waals surface area contributed by atoms with Crippen molar-refractivity contribution in [1.82, 2.24) is 0 Å². The van der Waals surface area contributed by atoms with E-state index in [4.69, 9.17) is 11.6 Å². The van der Waals surface area contributed by atoms with Gasteiger partial charge in [0.05, 0.1) is 4.92 Å². The predicted octanol–water partition coefficient (Wildman–Crippen LogP) is 4.35. The maximum Gasteiger partial charge on any atom is 0.293 e. The van der Waals surface area contributed by atoms with E-state index in [1.54, 1.807) is 23.5 Å². The average Bonchev–Trinajstić information content (AvgIpc) is 2.83. The molecule has 0 saturated carbocycles. The summed E-state index contributed by atoms with van der Waals surface area (Å²) in [5.41, 5.74) is 1.73. The molecule has 1 unspecified atom stereocenters. The van der Waals surface area contributed by atoms with Crippen molar-refractivity contribution in [3.8, 4) is 0 Å². The van der Waals surface area contributed by atoms with Crippen LogP contribution >= 0.6 is 22.9 Å². The molecule has 1 heterocycles. The molecular formula is C13H13ClN2O2S. The fourth-order valence-electron chi connectivity index (χ4n) is 1.86. The molecule has 0 aliphatic rings. The van der Waals surface area contributed by atoms with Gasteiger partial charge in [-0.05, 0) is 47.9 Å². The Hall–Kier alpha value is -1.59. The van der Waals surface area contributed by atoms with Crippen molar-refractivity contribution in [2.45, 2.75) is 19.4 Å². The number of hydrogen-bond donors (Lipinski definition) is 1. The van der Waals surface area contributed by atoms with E-state index in [9.17, 15) is 10.1 Å². The van der Waals surface area contributed by atoms with Crippen LogP contribution in [0.2, 0.25) is 5.02 Å². The number of rotatable bonds is 5. The van der Waals surface area contributed by atoms with Crippen LogP contribution in [0.4, 0.5) is 11.4 Å². The van der Waals surface area contributed by atoms with Crippen molar-refractivity contribution in [3.05, 3.63) is 55.7 Å². The van der Waals surface area contributed by atoms with Gasteiger partial charge in [-0.25, -0.2) is 0 Å². The van der Waals surface area contributed by atoms with E-state index in [0.717, 1.165) is 6.42 Å². The van der Waals surface area contributed by atoms with Gasteiger partial charge >= 0.3 is 0 Å². The standard InChI is InChI=1S/C13H13ClN2O2S/c1-9(6-10-4-5-19-8-10)15-12-3-2-11(14)7-13(12)16(17)18/h2-5,7-9,15H,6H2,1H3. The molecule has 0 saturated heterocycles. The van der Waals surface area contributed by atoms with Crippen LogP contribution in [0.25, 0.3) is 0 Å². The van der Waals surface area contributed by atoms with Crippen LogP contribution in [-0.4, -0.2) is 11.0 Å². The third kappa shape index (κ3) is 3.68. The van der Waals surface area contributed by atoms with E-state index in [2.05, 4.69) is 16.8 Å². The summed E-state index contributed by atoms with van der Waals surface area (Å²) >= 11 is 7.43. The molecule has 0 spiro atoms. The van der Waals surface area contributed by atoms with E-state index in [-0.39, 0.29) is 11.7 Å². The molecule has 0 fully saturated rings.